The van der Waals surface area contributed by atoms with Crippen LogP contribution in [-0.2, 0) is 16.2 Å². The van der Waals surface area contributed by atoms with Crippen molar-refractivity contribution in [3.63, 3.8) is 0 Å². The number of aromatic nitrogens is 1. The van der Waals surface area contributed by atoms with Gasteiger partial charge in [-0.1, -0.05) is 12.1 Å². The average Bonchev–Trinajstić information content (AvgIpc) is 2.68. The third kappa shape index (κ3) is 2.59. The van der Waals surface area contributed by atoms with E-state index in [9.17, 15) is 17.6 Å². The van der Waals surface area contributed by atoms with Gasteiger partial charge in [-0.2, -0.15) is 14.0 Å². The van der Waals surface area contributed by atoms with E-state index in [4.69, 9.17) is 11.0 Å². The molecule has 28 heavy (non-hydrogen) atoms. The van der Waals surface area contributed by atoms with Crippen LogP contribution in [0, 0.1) is 11.3 Å². The number of hydrogen-bond acceptors (Lipinski definition) is 5. The van der Waals surface area contributed by atoms with Gasteiger partial charge in [0.15, 0.2) is 12.1 Å². The summed E-state index contributed by atoms with van der Waals surface area (Å²) in [6.45, 7) is -1.04. The van der Waals surface area contributed by atoms with Crippen molar-refractivity contribution in [1.82, 2.24) is 4.98 Å². The van der Waals surface area contributed by atoms with Crippen molar-refractivity contribution in [2.45, 2.75) is 30.2 Å². The number of halogens is 4. The Kier molecular flexibility index (Phi) is 3.86. The first kappa shape index (κ1) is 18.2. The number of rotatable bonds is 1. The second-order valence-electron chi connectivity index (χ2n) is 6.84. The van der Waals surface area contributed by atoms with Gasteiger partial charge >= 0.3 is 5.92 Å². The van der Waals surface area contributed by atoms with Crippen LogP contribution in [-0.4, -0.2) is 23.5 Å². The Morgan fingerprint density at radius 3 is 2.57 bits per heavy atom. The summed E-state index contributed by atoms with van der Waals surface area (Å²) in [7, 11) is 0. The van der Waals surface area contributed by atoms with Crippen LogP contribution in [0.2, 0.25) is 0 Å². The molecule has 1 aromatic carbocycles. The SMILES string of the molecule is N#Cc1cncc(-c2ccc3c(c2)C2(CCC3(F)F)N=C(N)OCC2(F)F)c1. The van der Waals surface area contributed by atoms with Gasteiger partial charge in [-0.25, -0.2) is 13.8 Å². The average molecular weight is 390 g/mol. The molecule has 1 unspecified atom stereocenters. The van der Waals surface area contributed by atoms with Crippen LogP contribution in [0.5, 0.6) is 0 Å². The minimum Gasteiger partial charge on any atom is -0.459 e. The maximum atomic E-state index is 14.9. The highest BCUT2D eigenvalue weighted by Crippen LogP contribution is 2.56. The topological polar surface area (TPSA) is 84.3 Å². The van der Waals surface area contributed by atoms with Gasteiger partial charge in [-0.3, -0.25) is 4.98 Å². The quantitative estimate of drug-likeness (QED) is 0.753. The first-order chi connectivity index (χ1) is 13.2. The lowest BCUT2D eigenvalue weighted by Crippen LogP contribution is -2.55. The van der Waals surface area contributed by atoms with E-state index in [1.165, 1.54) is 30.6 Å². The smallest absolute Gasteiger partial charge is 0.310 e. The fraction of sp³-hybridized carbons (Fsp3) is 0.316. The van der Waals surface area contributed by atoms with Gasteiger partial charge in [0.2, 0.25) is 0 Å². The molecule has 9 heteroatoms. The number of nitriles is 1. The number of pyridine rings is 1. The summed E-state index contributed by atoms with van der Waals surface area (Å²) in [6, 6.07) is 6.76. The summed E-state index contributed by atoms with van der Waals surface area (Å²) in [5, 5.41) is 9.03. The summed E-state index contributed by atoms with van der Waals surface area (Å²) in [4.78, 5) is 7.75. The van der Waals surface area contributed by atoms with Crippen molar-refractivity contribution >= 4 is 6.02 Å². The Hall–Kier alpha value is -3.15. The predicted octanol–water partition coefficient (Wildman–Crippen LogP) is 3.68. The lowest BCUT2D eigenvalue weighted by atomic mass is 9.70. The van der Waals surface area contributed by atoms with E-state index >= 15 is 0 Å². The van der Waals surface area contributed by atoms with E-state index in [1.54, 1.807) is 0 Å². The number of amidine groups is 1. The number of aliphatic imine (C=N–C) groups is 1. The van der Waals surface area contributed by atoms with Crippen LogP contribution in [0.3, 0.4) is 0 Å². The third-order valence-electron chi connectivity index (χ3n) is 5.17. The van der Waals surface area contributed by atoms with Gasteiger partial charge in [-0.05, 0) is 29.7 Å². The van der Waals surface area contributed by atoms with Gasteiger partial charge in [0.1, 0.15) is 6.07 Å². The molecule has 0 amide bonds. The molecule has 2 aliphatic rings. The highest BCUT2D eigenvalue weighted by Gasteiger charge is 2.63. The molecular formula is C19H14F4N4O. The zero-order chi connectivity index (χ0) is 20.2. The van der Waals surface area contributed by atoms with E-state index in [2.05, 4.69) is 14.7 Å². The maximum absolute atomic E-state index is 14.9. The van der Waals surface area contributed by atoms with E-state index in [-0.39, 0.29) is 11.1 Å². The normalized spacial score (nSPS) is 24.6. The van der Waals surface area contributed by atoms with E-state index in [1.807, 2.05) is 6.07 Å². The van der Waals surface area contributed by atoms with Gasteiger partial charge < -0.3 is 10.5 Å². The second-order valence-corrected chi connectivity index (χ2v) is 6.84. The Morgan fingerprint density at radius 1 is 1.04 bits per heavy atom. The minimum absolute atomic E-state index is 0.258. The first-order valence-electron chi connectivity index (χ1n) is 8.43. The maximum Gasteiger partial charge on any atom is 0.310 e. The van der Waals surface area contributed by atoms with Gasteiger partial charge in [-0.15, -0.1) is 0 Å². The number of fused-ring (bicyclic) bond motifs is 2. The molecular weight excluding hydrogens is 376 g/mol. The minimum atomic E-state index is -3.52. The van der Waals surface area contributed by atoms with E-state index < -0.39 is 48.4 Å². The van der Waals surface area contributed by atoms with Gasteiger partial charge in [0.25, 0.3) is 11.9 Å². The zero-order valence-corrected chi connectivity index (χ0v) is 14.4. The molecule has 1 atom stereocenters. The Balaban J connectivity index is 1.97. The molecule has 1 aliphatic heterocycles. The van der Waals surface area contributed by atoms with E-state index in [0.717, 1.165) is 6.07 Å². The van der Waals surface area contributed by atoms with Crippen LogP contribution in [0.4, 0.5) is 17.6 Å². The predicted molar refractivity (Wildman–Crippen MR) is 91.7 cm³/mol. The number of hydrogen-bond donors (Lipinski definition) is 1. The number of alkyl halides is 4. The summed E-state index contributed by atoms with van der Waals surface area (Å²) in [5.74, 6) is -6.79. The molecule has 1 aromatic heterocycles. The Bertz CT molecular complexity index is 1030. The number of nitrogens with zero attached hydrogens (tertiary/aromatic N) is 3. The van der Waals surface area contributed by atoms with Crippen molar-refractivity contribution in [2.24, 2.45) is 10.7 Å². The summed E-state index contributed by atoms with van der Waals surface area (Å²) in [6.07, 6.45) is 1.41. The van der Waals surface area contributed by atoms with Crippen LogP contribution in [0.25, 0.3) is 11.1 Å². The molecule has 0 saturated carbocycles. The first-order valence-corrected chi connectivity index (χ1v) is 8.43. The monoisotopic (exact) mass is 390 g/mol. The molecule has 0 fully saturated rings. The number of ether oxygens (including phenoxy) is 1. The molecule has 2 heterocycles. The van der Waals surface area contributed by atoms with Crippen LogP contribution >= 0.6 is 0 Å². The molecule has 4 rings (SSSR count). The van der Waals surface area contributed by atoms with E-state index in [0.29, 0.717) is 11.1 Å². The van der Waals surface area contributed by atoms with Crippen LogP contribution < -0.4 is 5.73 Å². The van der Waals surface area contributed by atoms with Crippen molar-refractivity contribution in [3.05, 3.63) is 53.3 Å². The highest BCUT2D eigenvalue weighted by atomic mass is 19.3. The molecule has 144 valence electrons. The van der Waals surface area contributed by atoms with Gasteiger partial charge in [0.05, 0.1) is 5.56 Å². The standard InChI is InChI=1S/C19H14F4N4O/c20-18(21)4-3-17(19(22,23)10-28-16(25)27-17)15-6-12(1-2-14(15)18)13-5-11(7-24)8-26-9-13/h1-2,5-6,8-9H,3-4,10H2,(H2,25,27). The van der Waals surface area contributed by atoms with Crippen molar-refractivity contribution in [1.29, 1.82) is 5.26 Å². The molecule has 0 radical (unpaired) electrons. The molecule has 2 aromatic rings. The zero-order valence-electron chi connectivity index (χ0n) is 14.4. The summed E-state index contributed by atoms with van der Waals surface area (Å²) in [5.41, 5.74) is 3.57. The summed E-state index contributed by atoms with van der Waals surface area (Å²) < 4.78 is 63.6. The second kappa shape index (κ2) is 5.92. The Morgan fingerprint density at radius 2 is 1.82 bits per heavy atom. The lowest BCUT2D eigenvalue weighted by molar-refractivity contribution is -0.143. The molecule has 0 saturated heterocycles. The van der Waals surface area contributed by atoms with Gasteiger partial charge in [0, 0.05) is 29.9 Å². The fourth-order valence-electron chi connectivity index (χ4n) is 3.73. The van der Waals surface area contributed by atoms with Crippen molar-refractivity contribution in [2.75, 3.05) is 6.61 Å². The number of benzene rings is 1. The molecule has 1 spiro atoms. The Labute approximate surface area is 157 Å². The molecule has 5 nitrogen and oxygen atoms in total. The van der Waals surface area contributed by atoms with Crippen molar-refractivity contribution in [3.8, 4) is 17.2 Å². The third-order valence-corrected chi connectivity index (χ3v) is 5.17. The molecule has 0 bridgehead atoms. The van der Waals surface area contributed by atoms with Crippen LogP contribution in [0.1, 0.15) is 29.5 Å². The lowest BCUT2D eigenvalue weighted by Gasteiger charge is -2.45. The molecule has 1 aliphatic carbocycles. The van der Waals surface area contributed by atoms with Crippen LogP contribution in [0.15, 0.2) is 41.7 Å². The molecule has 2 N–H and O–H groups in total. The highest BCUT2D eigenvalue weighted by molar-refractivity contribution is 5.74. The summed E-state index contributed by atoms with van der Waals surface area (Å²) >= 11 is 0. The largest absolute Gasteiger partial charge is 0.459 e. The van der Waals surface area contributed by atoms with Crippen molar-refractivity contribution < 1.29 is 22.3 Å². The fourth-order valence-corrected chi connectivity index (χ4v) is 3.73. The number of nitrogens with two attached hydrogens (primary N) is 1.